The number of carbonyl (C=O) groups excluding carboxylic acids is 1. The Balaban J connectivity index is 1.95. The van der Waals surface area contributed by atoms with Gasteiger partial charge in [0.2, 0.25) is 0 Å². The van der Waals surface area contributed by atoms with Gasteiger partial charge in [-0.25, -0.2) is 9.67 Å². The summed E-state index contributed by atoms with van der Waals surface area (Å²) < 4.78 is 39.8. The van der Waals surface area contributed by atoms with E-state index < -0.39 is 11.7 Å². The molecular weight excluding hydrogens is 319 g/mol. The van der Waals surface area contributed by atoms with Gasteiger partial charge in [0.25, 0.3) is 0 Å². The average molecular weight is 337 g/mol. The predicted octanol–water partition coefficient (Wildman–Crippen LogP) is 4.38. The standard InChI is InChI=1S/C17H18F3N3O/c1-10(2)23-16(12-5-8-14(24)9-12)21-15(22-23)11-3-6-13(7-4-11)17(18,19)20/h3-4,6-7,10,12H,5,8-9H2,1-2H3/t12-/m0/s1. The Morgan fingerprint density at radius 3 is 2.38 bits per heavy atom. The average Bonchev–Trinajstić information content (AvgIpc) is 3.12. The molecule has 0 amide bonds. The van der Waals surface area contributed by atoms with Crippen molar-refractivity contribution in [2.75, 3.05) is 0 Å². The van der Waals surface area contributed by atoms with E-state index in [1.807, 2.05) is 13.8 Å². The third-order valence-electron chi connectivity index (χ3n) is 4.23. The molecule has 24 heavy (non-hydrogen) atoms. The molecule has 7 heteroatoms. The van der Waals surface area contributed by atoms with E-state index >= 15 is 0 Å². The number of Topliss-reactive ketones (excluding diaryl/α,β-unsaturated/α-hetero) is 1. The lowest BCUT2D eigenvalue weighted by atomic mass is 10.1. The number of carbonyl (C=O) groups is 1. The van der Waals surface area contributed by atoms with Crippen molar-refractivity contribution < 1.29 is 18.0 Å². The van der Waals surface area contributed by atoms with E-state index in [-0.39, 0.29) is 17.7 Å². The molecule has 0 bridgehead atoms. The van der Waals surface area contributed by atoms with Crippen LogP contribution in [0.15, 0.2) is 24.3 Å². The Morgan fingerprint density at radius 2 is 1.88 bits per heavy atom. The molecule has 2 aromatic rings. The van der Waals surface area contributed by atoms with Gasteiger partial charge in [-0.15, -0.1) is 0 Å². The van der Waals surface area contributed by atoms with Gasteiger partial charge in [-0.1, -0.05) is 12.1 Å². The topological polar surface area (TPSA) is 47.8 Å². The number of benzene rings is 1. The molecule has 0 N–H and O–H groups in total. The third-order valence-corrected chi connectivity index (χ3v) is 4.23. The molecule has 1 aliphatic carbocycles. The van der Waals surface area contributed by atoms with Crippen LogP contribution in [0.3, 0.4) is 0 Å². The fourth-order valence-corrected chi connectivity index (χ4v) is 2.96. The van der Waals surface area contributed by atoms with Crippen LogP contribution in [0.2, 0.25) is 0 Å². The number of aromatic nitrogens is 3. The molecule has 0 spiro atoms. The molecule has 0 saturated heterocycles. The van der Waals surface area contributed by atoms with Crippen molar-refractivity contribution in [3.63, 3.8) is 0 Å². The minimum atomic E-state index is -4.36. The van der Waals surface area contributed by atoms with Crippen LogP contribution in [-0.4, -0.2) is 20.5 Å². The number of hydrogen-bond acceptors (Lipinski definition) is 3. The first-order valence-electron chi connectivity index (χ1n) is 7.91. The number of halogens is 3. The van der Waals surface area contributed by atoms with Gasteiger partial charge in [-0.2, -0.15) is 18.3 Å². The van der Waals surface area contributed by atoms with Crippen molar-refractivity contribution >= 4 is 5.78 Å². The third kappa shape index (κ3) is 3.20. The summed E-state index contributed by atoms with van der Waals surface area (Å²) in [7, 11) is 0. The fraction of sp³-hybridized carbons (Fsp3) is 0.471. The smallest absolute Gasteiger partial charge is 0.300 e. The van der Waals surface area contributed by atoms with Crippen LogP contribution in [0.25, 0.3) is 11.4 Å². The van der Waals surface area contributed by atoms with Gasteiger partial charge >= 0.3 is 6.18 Å². The van der Waals surface area contributed by atoms with Crippen LogP contribution >= 0.6 is 0 Å². The molecule has 0 aliphatic heterocycles. The van der Waals surface area contributed by atoms with Gasteiger partial charge in [-0.05, 0) is 32.4 Å². The zero-order valence-electron chi connectivity index (χ0n) is 13.5. The normalized spacial score (nSPS) is 18.6. The Hall–Kier alpha value is -2.18. The predicted molar refractivity (Wildman–Crippen MR) is 82.4 cm³/mol. The molecule has 1 atom stereocenters. The van der Waals surface area contributed by atoms with E-state index in [2.05, 4.69) is 10.1 Å². The van der Waals surface area contributed by atoms with Gasteiger partial charge in [0.1, 0.15) is 11.6 Å². The summed E-state index contributed by atoms with van der Waals surface area (Å²) in [5, 5.41) is 4.45. The second-order valence-corrected chi connectivity index (χ2v) is 6.39. The first kappa shape index (κ1) is 16.7. The highest BCUT2D eigenvalue weighted by Crippen LogP contribution is 2.34. The Kier molecular flexibility index (Phi) is 4.19. The monoisotopic (exact) mass is 337 g/mol. The highest BCUT2D eigenvalue weighted by molar-refractivity contribution is 5.81. The van der Waals surface area contributed by atoms with E-state index in [0.717, 1.165) is 24.4 Å². The minimum Gasteiger partial charge on any atom is -0.300 e. The SMILES string of the molecule is CC(C)n1nc(-c2ccc(C(F)(F)F)cc2)nc1[C@H]1CCC(=O)C1. The molecule has 1 saturated carbocycles. The van der Waals surface area contributed by atoms with Crippen LogP contribution in [-0.2, 0) is 11.0 Å². The van der Waals surface area contributed by atoms with Crippen molar-refractivity contribution in [3.8, 4) is 11.4 Å². The maximum absolute atomic E-state index is 12.7. The Bertz CT molecular complexity index is 747. The first-order valence-corrected chi connectivity index (χ1v) is 7.91. The summed E-state index contributed by atoms with van der Waals surface area (Å²) in [6, 6.07) is 4.89. The van der Waals surface area contributed by atoms with E-state index in [0.29, 0.717) is 24.2 Å². The molecule has 1 fully saturated rings. The maximum Gasteiger partial charge on any atom is 0.416 e. The molecule has 1 heterocycles. The first-order chi connectivity index (χ1) is 11.3. The zero-order valence-corrected chi connectivity index (χ0v) is 13.5. The van der Waals surface area contributed by atoms with Crippen molar-refractivity contribution in [1.82, 2.24) is 14.8 Å². The van der Waals surface area contributed by atoms with Crippen LogP contribution in [0.1, 0.15) is 56.5 Å². The molecule has 128 valence electrons. The lowest BCUT2D eigenvalue weighted by Gasteiger charge is -2.12. The molecular formula is C17H18F3N3O. The van der Waals surface area contributed by atoms with Gasteiger partial charge in [0.05, 0.1) is 5.56 Å². The molecule has 1 aliphatic rings. The van der Waals surface area contributed by atoms with E-state index in [1.165, 1.54) is 12.1 Å². The summed E-state index contributed by atoms with van der Waals surface area (Å²) in [5.41, 5.74) is -0.163. The lowest BCUT2D eigenvalue weighted by Crippen LogP contribution is -2.11. The summed E-state index contributed by atoms with van der Waals surface area (Å²) in [6.45, 7) is 3.93. The molecule has 4 nitrogen and oxygen atoms in total. The Morgan fingerprint density at radius 1 is 1.21 bits per heavy atom. The van der Waals surface area contributed by atoms with Crippen LogP contribution in [0.5, 0.6) is 0 Å². The van der Waals surface area contributed by atoms with Crippen molar-refractivity contribution in [3.05, 3.63) is 35.7 Å². The molecule has 0 unspecified atom stereocenters. The molecule has 0 radical (unpaired) electrons. The van der Waals surface area contributed by atoms with Gasteiger partial charge in [0, 0.05) is 30.4 Å². The van der Waals surface area contributed by atoms with Gasteiger partial charge in [0.15, 0.2) is 5.82 Å². The number of rotatable bonds is 3. The second-order valence-electron chi connectivity index (χ2n) is 6.39. The summed E-state index contributed by atoms with van der Waals surface area (Å²) >= 11 is 0. The van der Waals surface area contributed by atoms with Crippen molar-refractivity contribution in [1.29, 1.82) is 0 Å². The quantitative estimate of drug-likeness (QED) is 0.835. The van der Waals surface area contributed by atoms with Crippen molar-refractivity contribution in [2.45, 2.75) is 51.2 Å². The zero-order chi connectivity index (χ0) is 17.5. The van der Waals surface area contributed by atoms with Gasteiger partial charge < -0.3 is 0 Å². The van der Waals surface area contributed by atoms with Crippen LogP contribution in [0, 0.1) is 0 Å². The van der Waals surface area contributed by atoms with Crippen molar-refractivity contribution in [2.24, 2.45) is 0 Å². The second kappa shape index (κ2) is 6.03. The number of alkyl halides is 3. The van der Waals surface area contributed by atoms with Crippen LogP contribution in [0.4, 0.5) is 13.2 Å². The summed E-state index contributed by atoms with van der Waals surface area (Å²) in [6.07, 6.45) is -2.61. The minimum absolute atomic E-state index is 0.0376. The van der Waals surface area contributed by atoms with E-state index in [4.69, 9.17) is 0 Å². The summed E-state index contributed by atoms with van der Waals surface area (Å²) in [5.74, 6) is 1.39. The number of hydrogen-bond donors (Lipinski definition) is 0. The summed E-state index contributed by atoms with van der Waals surface area (Å²) in [4.78, 5) is 16.1. The largest absolute Gasteiger partial charge is 0.416 e. The van der Waals surface area contributed by atoms with E-state index in [1.54, 1.807) is 4.68 Å². The molecule has 3 rings (SSSR count). The van der Waals surface area contributed by atoms with Crippen LogP contribution < -0.4 is 0 Å². The number of nitrogens with zero attached hydrogens (tertiary/aromatic N) is 3. The molecule has 1 aromatic carbocycles. The van der Waals surface area contributed by atoms with E-state index in [9.17, 15) is 18.0 Å². The lowest BCUT2D eigenvalue weighted by molar-refractivity contribution is -0.137. The highest BCUT2D eigenvalue weighted by Gasteiger charge is 2.31. The molecule has 1 aromatic heterocycles. The highest BCUT2D eigenvalue weighted by atomic mass is 19.4. The maximum atomic E-state index is 12.7. The van der Waals surface area contributed by atoms with Gasteiger partial charge in [-0.3, -0.25) is 4.79 Å². The fourth-order valence-electron chi connectivity index (χ4n) is 2.96. The number of ketones is 1. The Labute approximate surface area is 137 Å².